The van der Waals surface area contributed by atoms with Gasteiger partial charge in [-0.25, -0.2) is 4.79 Å². The van der Waals surface area contributed by atoms with E-state index in [2.05, 4.69) is 4.74 Å². The third kappa shape index (κ3) is 2.03. The molecule has 15 heavy (non-hydrogen) atoms. The molecule has 0 saturated carbocycles. The lowest BCUT2D eigenvalue weighted by atomic mass is 10.0. The third-order valence-electron chi connectivity index (χ3n) is 1.94. The van der Waals surface area contributed by atoms with Gasteiger partial charge >= 0.3 is 5.97 Å². The predicted octanol–water partition coefficient (Wildman–Crippen LogP) is 1.79. The summed E-state index contributed by atoms with van der Waals surface area (Å²) in [5.41, 5.74) is 0.487. The first-order valence-electron chi connectivity index (χ1n) is 4.05. The molecule has 5 heteroatoms. The van der Waals surface area contributed by atoms with Gasteiger partial charge in [0.15, 0.2) is 0 Å². The number of carbonyl (C=O) groups is 1. The monoisotopic (exact) mass is 225 g/mol. The van der Waals surface area contributed by atoms with Crippen molar-refractivity contribution in [3.63, 3.8) is 0 Å². The number of nitriles is 1. The van der Waals surface area contributed by atoms with E-state index in [0.29, 0.717) is 0 Å². The van der Waals surface area contributed by atoms with Gasteiger partial charge in [-0.1, -0.05) is 0 Å². The normalized spacial score (nSPS) is 9.40. The van der Waals surface area contributed by atoms with Crippen molar-refractivity contribution in [3.05, 3.63) is 28.8 Å². The number of methoxy groups -OCH3 is 1. The zero-order chi connectivity index (χ0) is 11.4. The lowest BCUT2D eigenvalue weighted by molar-refractivity contribution is 0.0599. The van der Waals surface area contributed by atoms with E-state index in [9.17, 15) is 9.90 Å². The van der Waals surface area contributed by atoms with Crippen molar-refractivity contribution in [2.24, 2.45) is 0 Å². The molecule has 0 aliphatic heterocycles. The number of alkyl halides is 1. The topological polar surface area (TPSA) is 70.3 Å². The van der Waals surface area contributed by atoms with Gasteiger partial charge in [0, 0.05) is 11.4 Å². The molecule has 1 aromatic carbocycles. The van der Waals surface area contributed by atoms with Gasteiger partial charge in [-0.05, 0) is 12.1 Å². The molecule has 0 fully saturated rings. The molecule has 0 heterocycles. The highest BCUT2D eigenvalue weighted by molar-refractivity contribution is 6.18. The second-order valence-electron chi connectivity index (χ2n) is 2.72. The Morgan fingerprint density at radius 1 is 1.67 bits per heavy atom. The van der Waals surface area contributed by atoms with Crippen LogP contribution < -0.4 is 0 Å². The SMILES string of the molecule is COC(=O)c1ccc(O)c(C#N)c1CCl. The van der Waals surface area contributed by atoms with Crippen molar-refractivity contribution in [1.82, 2.24) is 0 Å². The third-order valence-corrected chi connectivity index (χ3v) is 2.21. The zero-order valence-corrected chi connectivity index (χ0v) is 8.71. The van der Waals surface area contributed by atoms with Crippen molar-refractivity contribution < 1.29 is 14.6 Å². The molecule has 1 N–H and O–H groups in total. The summed E-state index contributed by atoms with van der Waals surface area (Å²) in [7, 11) is 1.24. The van der Waals surface area contributed by atoms with Gasteiger partial charge in [-0.2, -0.15) is 5.26 Å². The van der Waals surface area contributed by atoms with E-state index >= 15 is 0 Å². The van der Waals surface area contributed by atoms with Crippen molar-refractivity contribution in [2.45, 2.75) is 5.88 Å². The molecular weight excluding hydrogens is 218 g/mol. The number of benzene rings is 1. The average molecular weight is 226 g/mol. The van der Waals surface area contributed by atoms with Crippen LogP contribution in [0.15, 0.2) is 12.1 Å². The van der Waals surface area contributed by atoms with Crippen LogP contribution >= 0.6 is 11.6 Å². The van der Waals surface area contributed by atoms with E-state index in [-0.39, 0.29) is 28.3 Å². The maximum Gasteiger partial charge on any atom is 0.338 e. The van der Waals surface area contributed by atoms with E-state index in [1.165, 1.54) is 19.2 Å². The number of phenols is 1. The Morgan fingerprint density at radius 3 is 2.80 bits per heavy atom. The fraction of sp³-hybridized carbons (Fsp3) is 0.200. The maximum atomic E-state index is 11.3. The highest BCUT2D eigenvalue weighted by atomic mass is 35.5. The van der Waals surface area contributed by atoms with Crippen LogP contribution in [0.3, 0.4) is 0 Å². The number of esters is 1. The smallest absolute Gasteiger partial charge is 0.338 e. The summed E-state index contributed by atoms with van der Waals surface area (Å²) in [6.07, 6.45) is 0. The van der Waals surface area contributed by atoms with Crippen LogP contribution in [-0.4, -0.2) is 18.2 Å². The molecule has 1 rings (SSSR count). The number of ether oxygens (including phenoxy) is 1. The summed E-state index contributed by atoms with van der Waals surface area (Å²) in [5, 5.41) is 18.2. The summed E-state index contributed by atoms with van der Waals surface area (Å²) in [5.74, 6) is -0.815. The van der Waals surface area contributed by atoms with Gasteiger partial charge in [-0.3, -0.25) is 0 Å². The van der Waals surface area contributed by atoms with Crippen molar-refractivity contribution in [1.29, 1.82) is 5.26 Å². The van der Waals surface area contributed by atoms with Crippen LogP contribution in [-0.2, 0) is 10.6 Å². The van der Waals surface area contributed by atoms with Crippen LogP contribution in [0, 0.1) is 11.3 Å². The molecule has 0 unspecified atom stereocenters. The first-order valence-corrected chi connectivity index (χ1v) is 4.58. The largest absolute Gasteiger partial charge is 0.507 e. The second kappa shape index (κ2) is 4.67. The number of carbonyl (C=O) groups excluding carboxylic acids is 1. The molecule has 1 aromatic rings. The Morgan fingerprint density at radius 2 is 2.33 bits per heavy atom. The molecule has 0 radical (unpaired) electrons. The fourth-order valence-electron chi connectivity index (χ4n) is 1.20. The molecule has 0 aliphatic carbocycles. The van der Waals surface area contributed by atoms with Crippen molar-refractivity contribution in [3.8, 4) is 11.8 Å². The number of nitrogens with zero attached hydrogens (tertiary/aromatic N) is 1. The fourth-order valence-corrected chi connectivity index (χ4v) is 1.48. The summed E-state index contributed by atoms with van der Waals surface area (Å²) >= 11 is 5.62. The van der Waals surface area contributed by atoms with Gasteiger partial charge in [0.2, 0.25) is 0 Å². The molecule has 0 aromatic heterocycles. The Balaban J connectivity index is 3.43. The Hall–Kier alpha value is -1.73. The lowest BCUT2D eigenvalue weighted by Gasteiger charge is -2.07. The van der Waals surface area contributed by atoms with Crippen molar-refractivity contribution >= 4 is 17.6 Å². The predicted molar refractivity (Wildman–Crippen MR) is 53.7 cm³/mol. The van der Waals surface area contributed by atoms with Gasteiger partial charge in [0.1, 0.15) is 11.8 Å². The number of rotatable bonds is 2. The minimum atomic E-state index is -0.581. The number of phenolic OH excluding ortho intramolecular Hbond substituents is 1. The van der Waals surface area contributed by atoms with Crippen LogP contribution in [0.2, 0.25) is 0 Å². The minimum Gasteiger partial charge on any atom is -0.507 e. The number of aromatic hydroxyl groups is 1. The molecule has 0 amide bonds. The average Bonchev–Trinajstić information content (AvgIpc) is 2.27. The molecule has 0 saturated heterocycles. The van der Waals surface area contributed by atoms with E-state index in [4.69, 9.17) is 16.9 Å². The number of hydrogen-bond acceptors (Lipinski definition) is 4. The van der Waals surface area contributed by atoms with E-state index in [0.717, 1.165) is 0 Å². The van der Waals surface area contributed by atoms with Gasteiger partial charge in [0.25, 0.3) is 0 Å². The van der Waals surface area contributed by atoms with Crippen LogP contribution in [0.5, 0.6) is 5.75 Å². The molecule has 0 aliphatic rings. The summed E-state index contributed by atoms with van der Waals surface area (Å²) in [6.45, 7) is 0. The highest BCUT2D eigenvalue weighted by Crippen LogP contribution is 2.25. The maximum absolute atomic E-state index is 11.3. The first kappa shape index (κ1) is 11.3. The second-order valence-corrected chi connectivity index (χ2v) is 2.99. The molecule has 4 nitrogen and oxygen atoms in total. The van der Waals surface area contributed by atoms with E-state index in [1.807, 2.05) is 0 Å². The molecule has 0 spiro atoms. The van der Waals surface area contributed by atoms with Gasteiger partial charge in [-0.15, -0.1) is 11.6 Å². The van der Waals surface area contributed by atoms with Crippen molar-refractivity contribution in [2.75, 3.05) is 7.11 Å². The number of halogens is 1. The van der Waals surface area contributed by atoms with Gasteiger partial charge < -0.3 is 9.84 Å². The number of hydrogen-bond donors (Lipinski definition) is 1. The minimum absolute atomic E-state index is 0.00731. The van der Waals surface area contributed by atoms with Crippen LogP contribution in [0.4, 0.5) is 0 Å². The zero-order valence-electron chi connectivity index (χ0n) is 7.95. The van der Waals surface area contributed by atoms with E-state index < -0.39 is 5.97 Å². The molecule has 78 valence electrons. The summed E-state index contributed by atoms with van der Waals surface area (Å²) < 4.78 is 4.53. The Kier molecular flexibility index (Phi) is 3.53. The Bertz CT molecular complexity index is 437. The highest BCUT2D eigenvalue weighted by Gasteiger charge is 2.17. The summed E-state index contributed by atoms with van der Waals surface area (Å²) in [4.78, 5) is 11.3. The first-order chi connectivity index (χ1) is 7.15. The quantitative estimate of drug-likeness (QED) is 0.615. The van der Waals surface area contributed by atoms with Crippen LogP contribution in [0.1, 0.15) is 21.5 Å². The van der Waals surface area contributed by atoms with Gasteiger partial charge in [0.05, 0.1) is 18.2 Å². The molecular formula is C10H8ClNO3. The van der Waals surface area contributed by atoms with E-state index in [1.54, 1.807) is 6.07 Å². The molecule has 0 atom stereocenters. The Labute approximate surface area is 91.7 Å². The van der Waals surface area contributed by atoms with Crippen LogP contribution in [0.25, 0.3) is 0 Å². The summed E-state index contributed by atoms with van der Waals surface area (Å²) in [6, 6.07) is 4.43. The standard InChI is InChI=1S/C10H8ClNO3/c1-15-10(14)6-2-3-9(13)8(5-12)7(6)4-11/h2-3,13H,4H2,1H3. The molecule has 0 bridgehead atoms. The lowest BCUT2D eigenvalue weighted by Crippen LogP contribution is -2.06.